The molecular formula is C25H27N5O5. The fraction of sp³-hybridized carbons (Fsp3) is 0.400. The third kappa shape index (κ3) is 5.55. The number of nitrogens with zero attached hydrogens (tertiary/aromatic N) is 4. The first-order chi connectivity index (χ1) is 17.2. The molecular weight excluding hydrogens is 450 g/mol. The normalized spacial score (nSPS) is 18.1. The first kappa shape index (κ1) is 23.1. The highest BCUT2D eigenvalue weighted by Gasteiger charge is 2.24. The van der Waals surface area contributed by atoms with Crippen LogP contribution in [0.5, 0.6) is 5.88 Å². The van der Waals surface area contributed by atoms with Crippen molar-refractivity contribution in [2.45, 2.75) is 31.7 Å². The van der Waals surface area contributed by atoms with Gasteiger partial charge in [-0.3, -0.25) is 19.3 Å². The van der Waals surface area contributed by atoms with Crippen LogP contribution in [0.25, 0.3) is 11.3 Å². The van der Waals surface area contributed by atoms with E-state index in [2.05, 4.69) is 20.4 Å². The topological polar surface area (TPSA) is 117 Å². The van der Waals surface area contributed by atoms with Crippen LogP contribution >= 0.6 is 0 Å². The molecule has 2 aliphatic heterocycles. The van der Waals surface area contributed by atoms with Gasteiger partial charge in [0.2, 0.25) is 5.88 Å². The summed E-state index contributed by atoms with van der Waals surface area (Å²) in [6.07, 6.45) is 7.39. The second-order valence-corrected chi connectivity index (χ2v) is 8.47. The van der Waals surface area contributed by atoms with E-state index in [1.54, 1.807) is 47.5 Å². The molecule has 5 rings (SSSR count). The van der Waals surface area contributed by atoms with Gasteiger partial charge in [-0.25, -0.2) is 4.98 Å². The number of Topliss-reactive ketones (excluding diaryl/α,β-unsaturated/α-hetero) is 1. The summed E-state index contributed by atoms with van der Waals surface area (Å²) < 4.78 is 18.5. The van der Waals surface area contributed by atoms with Gasteiger partial charge in [-0.15, -0.1) is 0 Å². The summed E-state index contributed by atoms with van der Waals surface area (Å²) in [6, 6.07) is 7.05. The predicted molar refractivity (Wildman–Crippen MR) is 127 cm³/mol. The van der Waals surface area contributed by atoms with Gasteiger partial charge in [0.25, 0.3) is 5.91 Å². The minimum absolute atomic E-state index is 0.124. The quantitative estimate of drug-likeness (QED) is 0.567. The highest BCUT2D eigenvalue weighted by molar-refractivity contribution is 6.09. The van der Waals surface area contributed by atoms with E-state index in [0.717, 1.165) is 18.4 Å². The molecule has 3 aromatic heterocycles. The van der Waals surface area contributed by atoms with Crippen molar-refractivity contribution < 1.29 is 23.8 Å². The molecule has 5 heterocycles. The van der Waals surface area contributed by atoms with Crippen molar-refractivity contribution in [2.24, 2.45) is 0 Å². The molecule has 182 valence electrons. The summed E-state index contributed by atoms with van der Waals surface area (Å²) in [5.41, 5.74) is 2.47. The van der Waals surface area contributed by atoms with Gasteiger partial charge in [0.15, 0.2) is 11.5 Å². The number of ether oxygens (including phenoxy) is 3. The molecule has 0 aliphatic carbocycles. The summed E-state index contributed by atoms with van der Waals surface area (Å²) in [4.78, 5) is 34.8. The lowest BCUT2D eigenvalue weighted by Crippen LogP contribution is -2.20. The molecule has 35 heavy (non-hydrogen) atoms. The van der Waals surface area contributed by atoms with Crippen LogP contribution in [0, 0.1) is 0 Å². The number of anilines is 1. The molecule has 0 radical (unpaired) electrons. The van der Waals surface area contributed by atoms with E-state index in [9.17, 15) is 9.59 Å². The lowest BCUT2D eigenvalue weighted by atomic mass is 10.1. The van der Waals surface area contributed by atoms with E-state index in [1.165, 1.54) is 0 Å². The fourth-order valence-corrected chi connectivity index (χ4v) is 4.16. The van der Waals surface area contributed by atoms with Crippen LogP contribution in [0.1, 0.15) is 52.6 Å². The molecule has 1 saturated heterocycles. The molecule has 1 amide bonds. The van der Waals surface area contributed by atoms with Crippen LogP contribution in [0.3, 0.4) is 0 Å². The number of carbonyl (C=O) groups is 2. The molecule has 2 aliphatic rings. The monoisotopic (exact) mass is 477 g/mol. The van der Waals surface area contributed by atoms with Gasteiger partial charge >= 0.3 is 0 Å². The van der Waals surface area contributed by atoms with Crippen molar-refractivity contribution in [3.8, 4) is 17.1 Å². The smallest absolute Gasteiger partial charge is 0.255 e. The third-order valence-corrected chi connectivity index (χ3v) is 6.03. The zero-order valence-electron chi connectivity index (χ0n) is 19.3. The first-order valence-corrected chi connectivity index (χ1v) is 11.8. The number of hydrogen-bond donors (Lipinski definition) is 1. The molecule has 1 N–H and O–H groups in total. The Bertz CT molecular complexity index is 1200. The Kier molecular flexibility index (Phi) is 7.10. The highest BCUT2D eigenvalue weighted by atomic mass is 16.5. The van der Waals surface area contributed by atoms with Crippen LogP contribution in [0.2, 0.25) is 0 Å². The fourth-order valence-electron chi connectivity index (χ4n) is 4.16. The second kappa shape index (κ2) is 10.7. The van der Waals surface area contributed by atoms with Gasteiger partial charge in [-0.05, 0) is 37.5 Å². The van der Waals surface area contributed by atoms with E-state index in [4.69, 9.17) is 14.2 Å². The maximum Gasteiger partial charge on any atom is 0.255 e. The van der Waals surface area contributed by atoms with Crippen LogP contribution in [-0.2, 0) is 9.47 Å². The molecule has 0 atom stereocenters. The molecule has 0 saturated carbocycles. The Morgan fingerprint density at radius 3 is 2.60 bits per heavy atom. The average Bonchev–Trinajstić information content (AvgIpc) is 3.32. The van der Waals surface area contributed by atoms with Gasteiger partial charge in [0, 0.05) is 62.0 Å². The summed E-state index contributed by atoms with van der Waals surface area (Å²) in [5, 5.41) is 7.48. The van der Waals surface area contributed by atoms with Gasteiger partial charge < -0.3 is 19.5 Å². The Morgan fingerprint density at radius 2 is 1.71 bits per heavy atom. The second-order valence-electron chi connectivity index (χ2n) is 8.47. The van der Waals surface area contributed by atoms with Crippen molar-refractivity contribution in [1.82, 2.24) is 19.7 Å². The van der Waals surface area contributed by atoms with E-state index >= 15 is 0 Å². The minimum atomic E-state index is -0.343. The standard InChI is InChI=1S/C25H27N5O5/c31-22-2-1-9-33-12-13-35-23-15-17(3-8-27-23)20-14-18(4-7-26-20)25(32)28-21-16-30(29-24(21)22)19-5-10-34-11-6-19/h3-4,7-8,14-16,19H,1-2,5-6,9-13H2,(H,28,32). The molecule has 0 aromatic carbocycles. The first-order valence-electron chi connectivity index (χ1n) is 11.8. The van der Waals surface area contributed by atoms with E-state index in [-0.39, 0.29) is 29.8 Å². The number of aromatic nitrogens is 4. The molecule has 0 unspecified atom stereocenters. The zero-order valence-corrected chi connectivity index (χ0v) is 19.3. The van der Waals surface area contributed by atoms with E-state index in [1.807, 2.05) is 0 Å². The van der Waals surface area contributed by atoms with Gasteiger partial charge in [0.05, 0.1) is 24.0 Å². The maximum absolute atomic E-state index is 13.2. The van der Waals surface area contributed by atoms with Crippen molar-refractivity contribution in [1.29, 1.82) is 0 Å². The number of carbonyl (C=O) groups excluding carboxylic acids is 2. The Balaban J connectivity index is 1.47. The number of rotatable bonds is 1. The Labute approximate surface area is 202 Å². The van der Waals surface area contributed by atoms with Crippen molar-refractivity contribution in [3.05, 3.63) is 54.1 Å². The lowest BCUT2D eigenvalue weighted by Gasteiger charge is -2.22. The number of hydrogen-bond acceptors (Lipinski definition) is 8. The largest absolute Gasteiger partial charge is 0.475 e. The van der Waals surface area contributed by atoms with Crippen molar-refractivity contribution in [2.75, 3.05) is 38.4 Å². The molecule has 10 nitrogen and oxygen atoms in total. The number of nitrogens with one attached hydrogen (secondary N) is 1. The number of fused-ring (bicyclic) bond motifs is 6. The molecule has 1 fully saturated rings. The summed E-state index contributed by atoms with van der Waals surface area (Å²) in [7, 11) is 0. The maximum atomic E-state index is 13.2. The molecule has 4 bridgehead atoms. The van der Waals surface area contributed by atoms with Crippen LogP contribution in [0.4, 0.5) is 5.69 Å². The number of ketones is 1. The number of pyridine rings is 2. The molecule has 3 aromatic rings. The lowest BCUT2D eigenvalue weighted by molar-refractivity contribution is 0.0660. The Morgan fingerprint density at radius 1 is 0.914 bits per heavy atom. The molecule has 10 heteroatoms. The van der Waals surface area contributed by atoms with Crippen LogP contribution in [-0.4, -0.2) is 64.5 Å². The van der Waals surface area contributed by atoms with Crippen molar-refractivity contribution >= 4 is 17.4 Å². The SMILES string of the molecule is O=C1Nc2cn(C3CCOCC3)nc2C(=O)CCCOCCOc2cc(ccn2)-c2cc1ccn2. The summed E-state index contributed by atoms with van der Waals surface area (Å²) >= 11 is 0. The third-order valence-electron chi connectivity index (χ3n) is 6.03. The van der Waals surface area contributed by atoms with Crippen LogP contribution < -0.4 is 10.1 Å². The highest BCUT2D eigenvalue weighted by Crippen LogP contribution is 2.26. The predicted octanol–water partition coefficient (Wildman–Crippen LogP) is 3.32. The van der Waals surface area contributed by atoms with Gasteiger partial charge in [-0.1, -0.05) is 0 Å². The zero-order chi connectivity index (χ0) is 24.0. The van der Waals surface area contributed by atoms with Crippen LogP contribution in [0.15, 0.2) is 42.9 Å². The van der Waals surface area contributed by atoms with Gasteiger partial charge in [0.1, 0.15) is 6.61 Å². The molecule has 0 spiro atoms. The average molecular weight is 478 g/mol. The Hall–Kier alpha value is -3.63. The summed E-state index contributed by atoms with van der Waals surface area (Å²) in [5.74, 6) is -0.0323. The minimum Gasteiger partial charge on any atom is -0.475 e. The van der Waals surface area contributed by atoms with E-state index < -0.39 is 0 Å². The van der Waals surface area contributed by atoms with Crippen molar-refractivity contribution in [3.63, 3.8) is 0 Å². The summed E-state index contributed by atoms with van der Waals surface area (Å²) in [6.45, 7) is 2.42. The van der Waals surface area contributed by atoms with E-state index in [0.29, 0.717) is 62.3 Å². The van der Waals surface area contributed by atoms with Gasteiger partial charge in [-0.2, -0.15) is 5.10 Å². The number of amides is 1.